The van der Waals surface area contributed by atoms with Crippen LogP contribution in [0.3, 0.4) is 0 Å². The van der Waals surface area contributed by atoms with Gasteiger partial charge in [-0.25, -0.2) is 9.97 Å². The van der Waals surface area contributed by atoms with E-state index in [0.29, 0.717) is 0 Å². The first-order chi connectivity index (χ1) is 14.2. The zero-order valence-electron chi connectivity index (χ0n) is 16.0. The average Bonchev–Trinajstić information content (AvgIpc) is 3.34. The highest BCUT2D eigenvalue weighted by Gasteiger charge is 2.19. The number of nitrogens with zero attached hydrogens (tertiary/aromatic N) is 2. The lowest BCUT2D eigenvalue weighted by Crippen LogP contribution is -2.02. The minimum absolute atomic E-state index is 0.850. The van der Waals surface area contributed by atoms with Crippen LogP contribution in [-0.4, -0.2) is 9.97 Å². The van der Waals surface area contributed by atoms with Gasteiger partial charge in [-0.15, -0.1) is 11.3 Å². The van der Waals surface area contributed by atoms with Gasteiger partial charge in [-0.05, 0) is 42.5 Å². The molecular weight excluding hydrogens is 396 g/mol. The highest BCUT2D eigenvalue weighted by Crippen LogP contribution is 2.38. The number of hydrogen-bond acceptors (Lipinski definition) is 6. The van der Waals surface area contributed by atoms with Gasteiger partial charge in [-0.3, -0.25) is 0 Å². The largest absolute Gasteiger partial charge is 0.332 e. The van der Waals surface area contributed by atoms with Crippen LogP contribution in [0.25, 0.3) is 16.3 Å². The molecular formula is C23H20N4S2. The number of thiazole rings is 2. The Morgan fingerprint density at radius 3 is 2.83 bits per heavy atom. The van der Waals surface area contributed by atoms with Crippen molar-refractivity contribution in [2.45, 2.75) is 19.8 Å². The lowest BCUT2D eigenvalue weighted by Gasteiger charge is -2.12. The third kappa shape index (κ3) is 3.69. The van der Waals surface area contributed by atoms with Gasteiger partial charge < -0.3 is 10.6 Å². The monoisotopic (exact) mass is 416 g/mol. The van der Waals surface area contributed by atoms with E-state index in [1.165, 1.54) is 11.1 Å². The number of fused-ring (bicyclic) bond motifs is 5. The lowest BCUT2D eigenvalue weighted by molar-refractivity contribution is 0.927. The van der Waals surface area contributed by atoms with E-state index in [-0.39, 0.29) is 0 Å². The average molecular weight is 417 g/mol. The summed E-state index contributed by atoms with van der Waals surface area (Å²) < 4.78 is 0. The third-order valence-electron chi connectivity index (χ3n) is 4.95. The standard InChI is InChI=1S/C23H20N4S2/c1-14-8-9-17-10-11-18-21(20-13-28-22(27-20)26-19(17)12-14)29-23(25-18)24-15(2)16-6-4-3-5-7-16/h3-9,12-13H,2,10-11H2,1H3,(H,24,25)(H,26,27). The van der Waals surface area contributed by atoms with E-state index in [1.807, 2.05) is 30.3 Å². The van der Waals surface area contributed by atoms with Crippen LogP contribution in [-0.2, 0) is 12.8 Å². The van der Waals surface area contributed by atoms with Gasteiger partial charge in [0.1, 0.15) is 0 Å². The second-order valence-electron chi connectivity index (χ2n) is 7.09. The predicted octanol–water partition coefficient (Wildman–Crippen LogP) is 6.50. The highest BCUT2D eigenvalue weighted by molar-refractivity contribution is 7.19. The number of benzene rings is 2. The molecule has 0 aliphatic carbocycles. The minimum atomic E-state index is 0.850. The van der Waals surface area contributed by atoms with Crippen molar-refractivity contribution in [2.75, 3.05) is 10.6 Å². The van der Waals surface area contributed by atoms with Gasteiger partial charge in [0, 0.05) is 16.8 Å². The summed E-state index contributed by atoms with van der Waals surface area (Å²) in [7, 11) is 0. The van der Waals surface area contributed by atoms with E-state index in [2.05, 4.69) is 47.7 Å². The summed E-state index contributed by atoms with van der Waals surface area (Å²) in [6, 6.07) is 16.7. The predicted molar refractivity (Wildman–Crippen MR) is 124 cm³/mol. The lowest BCUT2D eigenvalue weighted by atomic mass is 10.0. The Labute approximate surface area is 178 Å². The van der Waals surface area contributed by atoms with Crippen LogP contribution < -0.4 is 10.6 Å². The minimum Gasteiger partial charge on any atom is -0.332 e. The molecule has 4 nitrogen and oxygen atoms in total. The van der Waals surface area contributed by atoms with Gasteiger partial charge in [0.15, 0.2) is 10.3 Å². The summed E-state index contributed by atoms with van der Waals surface area (Å²) in [4.78, 5) is 10.9. The number of aromatic nitrogens is 2. The van der Waals surface area contributed by atoms with Crippen LogP contribution in [0.1, 0.15) is 22.4 Å². The first-order valence-electron chi connectivity index (χ1n) is 9.49. The van der Waals surface area contributed by atoms with Gasteiger partial charge in [0.2, 0.25) is 0 Å². The molecule has 2 N–H and O–H groups in total. The SMILES string of the molecule is C=C(Nc1nc2c(s1)-c1csc(n1)Nc1cc(C)ccc1CC2)c1ccccc1. The van der Waals surface area contributed by atoms with Crippen molar-refractivity contribution in [3.63, 3.8) is 0 Å². The second-order valence-corrected chi connectivity index (χ2v) is 8.95. The van der Waals surface area contributed by atoms with Crippen molar-refractivity contribution in [1.29, 1.82) is 0 Å². The molecule has 0 atom stereocenters. The maximum Gasteiger partial charge on any atom is 0.188 e. The fourth-order valence-electron chi connectivity index (χ4n) is 3.44. The second kappa shape index (κ2) is 7.46. The van der Waals surface area contributed by atoms with Crippen LogP contribution in [0.2, 0.25) is 0 Å². The van der Waals surface area contributed by atoms with Gasteiger partial charge in [0.25, 0.3) is 0 Å². The molecule has 144 valence electrons. The molecule has 5 rings (SSSR count). The summed E-state index contributed by atoms with van der Waals surface area (Å²) in [6.45, 7) is 6.29. The molecule has 0 amide bonds. The molecule has 4 aromatic rings. The Morgan fingerprint density at radius 1 is 1.10 bits per heavy atom. The van der Waals surface area contributed by atoms with E-state index in [9.17, 15) is 0 Å². The van der Waals surface area contributed by atoms with Crippen LogP contribution in [0.5, 0.6) is 0 Å². The Hall–Kier alpha value is -2.96. The molecule has 0 saturated carbocycles. The van der Waals surface area contributed by atoms with E-state index < -0.39 is 0 Å². The Morgan fingerprint density at radius 2 is 1.97 bits per heavy atom. The zero-order valence-corrected chi connectivity index (χ0v) is 17.7. The van der Waals surface area contributed by atoms with Gasteiger partial charge >= 0.3 is 0 Å². The molecule has 3 heterocycles. The third-order valence-corrected chi connectivity index (χ3v) is 6.75. The summed E-state index contributed by atoms with van der Waals surface area (Å²) >= 11 is 3.27. The molecule has 29 heavy (non-hydrogen) atoms. The Kier molecular flexibility index (Phi) is 4.66. The molecule has 0 fully saturated rings. The van der Waals surface area contributed by atoms with Crippen LogP contribution >= 0.6 is 22.7 Å². The maximum absolute atomic E-state index is 4.90. The highest BCUT2D eigenvalue weighted by atomic mass is 32.1. The zero-order chi connectivity index (χ0) is 19.8. The Bertz CT molecular complexity index is 1190. The summed E-state index contributed by atoms with van der Waals surface area (Å²) in [5.41, 5.74) is 7.65. The molecule has 2 aromatic heterocycles. The first kappa shape index (κ1) is 18.1. The fraction of sp³-hybridized carbons (Fsp3) is 0.130. The molecule has 6 heteroatoms. The van der Waals surface area contributed by atoms with Crippen LogP contribution in [0.4, 0.5) is 16.0 Å². The van der Waals surface area contributed by atoms with Crippen LogP contribution in [0, 0.1) is 6.92 Å². The summed E-state index contributed by atoms with van der Waals surface area (Å²) in [5, 5.41) is 10.8. The van der Waals surface area contributed by atoms with Gasteiger partial charge in [0.05, 0.1) is 16.3 Å². The number of rotatable bonds is 3. The quantitative estimate of drug-likeness (QED) is 0.400. The van der Waals surface area contributed by atoms with E-state index in [4.69, 9.17) is 9.97 Å². The van der Waals surface area contributed by atoms with E-state index in [1.54, 1.807) is 22.7 Å². The number of nitrogens with one attached hydrogen (secondary N) is 2. The van der Waals surface area contributed by atoms with Crippen molar-refractivity contribution >= 4 is 44.3 Å². The molecule has 2 aromatic carbocycles. The van der Waals surface area contributed by atoms with Gasteiger partial charge in [-0.2, -0.15) is 0 Å². The molecule has 0 spiro atoms. The summed E-state index contributed by atoms with van der Waals surface area (Å²) in [5.74, 6) is 0. The number of anilines is 3. The molecule has 2 bridgehead atoms. The molecule has 1 aliphatic rings. The van der Waals surface area contributed by atoms with E-state index in [0.717, 1.165) is 56.3 Å². The van der Waals surface area contributed by atoms with Gasteiger partial charge in [-0.1, -0.05) is 60.4 Å². The fourth-order valence-corrected chi connectivity index (χ4v) is 5.23. The first-order valence-corrected chi connectivity index (χ1v) is 11.2. The molecule has 0 unspecified atom stereocenters. The summed E-state index contributed by atoms with van der Waals surface area (Å²) in [6.07, 6.45) is 1.81. The van der Waals surface area contributed by atoms with Crippen molar-refractivity contribution in [1.82, 2.24) is 9.97 Å². The van der Waals surface area contributed by atoms with Crippen molar-refractivity contribution in [3.8, 4) is 10.6 Å². The van der Waals surface area contributed by atoms with Crippen molar-refractivity contribution in [3.05, 3.63) is 82.9 Å². The number of hydrogen-bond donors (Lipinski definition) is 2. The van der Waals surface area contributed by atoms with Crippen molar-refractivity contribution < 1.29 is 0 Å². The maximum atomic E-state index is 4.90. The molecule has 0 saturated heterocycles. The van der Waals surface area contributed by atoms with Crippen molar-refractivity contribution in [2.24, 2.45) is 0 Å². The number of aryl methyl sites for hydroxylation is 3. The van der Waals surface area contributed by atoms with E-state index >= 15 is 0 Å². The van der Waals surface area contributed by atoms with Crippen LogP contribution in [0.15, 0.2) is 60.5 Å². The normalized spacial score (nSPS) is 12.4. The Balaban J connectivity index is 1.49. The topological polar surface area (TPSA) is 49.8 Å². The molecule has 1 aliphatic heterocycles. The molecule has 0 radical (unpaired) electrons. The smallest absolute Gasteiger partial charge is 0.188 e.